The lowest BCUT2D eigenvalue weighted by Gasteiger charge is -2.31. The van der Waals surface area contributed by atoms with Gasteiger partial charge in [0, 0.05) is 19.3 Å². The van der Waals surface area contributed by atoms with E-state index in [0.717, 1.165) is 38.8 Å². The predicted molar refractivity (Wildman–Crippen MR) is 65.4 cm³/mol. The van der Waals surface area contributed by atoms with Crippen LogP contribution in [0.25, 0.3) is 0 Å². The van der Waals surface area contributed by atoms with E-state index in [1.165, 1.54) is 12.0 Å². The van der Waals surface area contributed by atoms with Crippen molar-refractivity contribution in [3.63, 3.8) is 0 Å². The van der Waals surface area contributed by atoms with Gasteiger partial charge in [0.15, 0.2) is 5.96 Å². The Morgan fingerprint density at radius 2 is 2.25 bits per heavy atom. The smallest absolute Gasteiger partial charge is 0.198 e. The molecule has 16 heavy (non-hydrogen) atoms. The molecule has 90 valence electrons. The fourth-order valence-corrected chi connectivity index (χ4v) is 1.94. The minimum atomic E-state index is 0.627. The highest BCUT2D eigenvalue weighted by Crippen LogP contribution is 2.16. The fourth-order valence-electron chi connectivity index (χ4n) is 1.94. The minimum absolute atomic E-state index is 0.627. The number of aliphatic imine (C=N–C) groups is 1. The van der Waals surface area contributed by atoms with E-state index < -0.39 is 0 Å². The molecule has 2 aliphatic heterocycles. The molecule has 4 nitrogen and oxygen atoms in total. The summed E-state index contributed by atoms with van der Waals surface area (Å²) >= 11 is 0. The molecule has 2 rings (SSSR count). The van der Waals surface area contributed by atoms with Crippen LogP contribution >= 0.6 is 0 Å². The number of hydrogen-bond donors (Lipinski definition) is 1. The fraction of sp³-hybridized carbons (Fsp3) is 0.750. The Bertz CT molecular complexity index is 293. The lowest BCUT2D eigenvalue weighted by Crippen LogP contribution is -2.47. The highest BCUT2D eigenvalue weighted by molar-refractivity contribution is 5.82. The minimum Gasteiger partial charge on any atom is -0.378 e. The molecule has 0 aliphatic carbocycles. The number of guanidine groups is 1. The Hall–Kier alpha value is -1.03. The monoisotopic (exact) mass is 223 g/mol. The van der Waals surface area contributed by atoms with Gasteiger partial charge < -0.3 is 15.0 Å². The number of nitrogens with zero attached hydrogens (tertiary/aromatic N) is 2. The first-order chi connectivity index (χ1) is 7.81. The van der Waals surface area contributed by atoms with Crippen molar-refractivity contribution in [2.24, 2.45) is 10.9 Å². The van der Waals surface area contributed by atoms with Crippen molar-refractivity contribution in [2.75, 3.05) is 32.8 Å². The largest absolute Gasteiger partial charge is 0.378 e. The summed E-state index contributed by atoms with van der Waals surface area (Å²) in [5.74, 6) is 1.64. The Kier molecular flexibility index (Phi) is 3.83. The standard InChI is InChI=1S/C12H21N3O/c1-3-10(2)11-8-13-12(14-9-11)15-4-6-16-7-5-15/h8,10H,3-7,9H2,1-2H3,(H,13,14). The third-order valence-electron chi connectivity index (χ3n) is 3.35. The van der Waals surface area contributed by atoms with Crippen molar-refractivity contribution in [3.05, 3.63) is 11.8 Å². The van der Waals surface area contributed by atoms with Crippen LogP contribution in [0, 0.1) is 5.92 Å². The molecular weight excluding hydrogens is 202 g/mol. The molecule has 0 bridgehead atoms. The highest BCUT2D eigenvalue weighted by atomic mass is 16.5. The number of rotatable bonds is 2. The van der Waals surface area contributed by atoms with Gasteiger partial charge in [0.2, 0.25) is 0 Å². The number of ether oxygens (including phenoxy) is 1. The first kappa shape index (κ1) is 11.5. The van der Waals surface area contributed by atoms with Crippen LogP contribution < -0.4 is 5.32 Å². The van der Waals surface area contributed by atoms with E-state index in [1.54, 1.807) is 0 Å². The van der Waals surface area contributed by atoms with E-state index in [4.69, 9.17) is 4.74 Å². The van der Waals surface area contributed by atoms with Gasteiger partial charge in [-0.25, -0.2) is 4.99 Å². The molecule has 1 fully saturated rings. The van der Waals surface area contributed by atoms with E-state index in [1.807, 2.05) is 0 Å². The van der Waals surface area contributed by atoms with Crippen molar-refractivity contribution in [1.82, 2.24) is 10.2 Å². The zero-order chi connectivity index (χ0) is 11.4. The molecule has 0 saturated carbocycles. The van der Waals surface area contributed by atoms with Crippen LogP contribution in [0.4, 0.5) is 0 Å². The van der Waals surface area contributed by atoms with Crippen LogP contribution in [-0.2, 0) is 4.74 Å². The summed E-state index contributed by atoms with van der Waals surface area (Å²) in [6.07, 6.45) is 3.31. The molecule has 0 radical (unpaired) electrons. The number of nitrogens with one attached hydrogen (secondary N) is 1. The molecule has 0 amide bonds. The zero-order valence-corrected chi connectivity index (χ0v) is 10.2. The van der Waals surface area contributed by atoms with Gasteiger partial charge in [-0.2, -0.15) is 0 Å². The molecule has 0 aromatic carbocycles. The molecule has 2 heterocycles. The average Bonchev–Trinajstić information content (AvgIpc) is 2.39. The first-order valence-electron chi connectivity index (χ1n) is 6.14. The third-order valence-corrected chi connectivity index (χ3v) is 3.35. The summed E-state index contributed by atoms with van der Waals surface area (Å²) in [5.41, 5.74) is 1.40. The summed E-state index contributed by atoms with van der Waals surface area (Å²) in [7, 11) is 0. The van der Waals surface area contributed by atoms with Crippen molar-refractivity contribution in [3.8, 4) is 0 Å². The maximum absolute atomic E-state index is 5.33. The summed E-state index contributed by atoms with van der Waals surface area (Å²) in [6, 6.07) is 0. The average molecular weight is 223 g/mol. The molecule has 1 atom stereocenters. The zero-order valence-electron chi connectivity index (χ0n) is 10.2. The molecule has 0 spiro atoms. The van der Waals surface area contributed by atoms with Crippen molar-refractivity contribution >= 4 is 5.96 Å². The molecule has 1 unspecified atom stereocenters. The van der Waals surface area contributed by atoms with Crippen LogP contribution in [0.15, 0.2) is 16.8 Å². The second-order valence-electron chi connectivity index (χ2n) is 4.41. The highest BCUT2D eigenvalue weighted by Gasteiger charge is 2.17. The molecule has 4 heteroatoms. The quantitative estimate of drug-likeness (QED) is 0.764. The van der Waals surface area contributed by atoms with Gasteiger partial charge in [-0.15, -0.1) is 0 Å². The summed E-state index contributed by atoms with van der Waals surface area (Å²) in [5, 5.41) is 3.31. The Morgan fingerprint density at radius 3 is 2.81 bits per heavy atom. The second-order valence-corrected chi connectivity index (χ2v) is 4.41. The second kappa shape index (κ2) is 5.34. The summed E-state index contributed by atoms with van der Waals surface area (Å²) < 4.78 is 5.33. The van der Waals surface area contributed by atoms with Gasteiger partial charge in [-0.3, -0.25) is 0 Å². The van der Waals surface area contributed by atoms with Gasteiger partial charge in [0.1, 0.15) is 0 Å². The Balaban J connectivity index is 1.89. The van der Waals surface area contributed by atoms with Gasteiger partial charge in [0.25, 0.3) is 0 Å². The number of morpholine rings is 1. The lowest BCUT2D eigenvalue weighted by molar-refractivity contribution is 0.0667. The normalized spacial score (nSPS) is 23.2. The van der Waals surface area contributed by atoms with E-state index >= 15 is 0 Å². The van der Waals surface area contributed by atoms with E-state index in [0.29, 0.717) is 5.92 Å². The first-order valence-corrected chi connectivity index (χ1v) is 6.14. The van der Waals surface area contributed by atoms with Gasteiger partial charge in [-0.05, 0) is 17.9 Å². The van der Waals surface area contributed by atoms with Crippen LogP contribution in [0.5, 0.6) is 0 Å². The maximum Gasteiger partial charge on any atom is 0.198 e. The molecule has 1 saturated heterocycles. The van der Waals surface area contributed by atoms with Crippen LogP contribution in [0.3, 0.4) is 0 Å². The molecule has 1 N–H and O–H groups in total. The molecule has 2 aliphatic rings. The van der Waals surface area contributed by atoms with E-state index in [9.17, 15) is 0 Å². The van der Waals surface area contributed by atoms with Gasteiger partial charge in [0.05, 0.1) is 19.8 Å². The lowest BCUT2D eigenvalue weighted by atomic mass is 9.99. The molecule has 0 aromatic heterocycles. The number of hydrogen-bond acceptors (Lipinski definition) is 4. The summed E-state index contributed by atoms with van der Waals surface area (Å²) in [6.45, 7) is 8.81. The maximum atomic E-state index is 5.33. The van der Waals surface area contributed by atoms with E-state index in [2.05, 4.69) is 35.3 Å². The van der Waals surface area contributed by atoms with Crippen molar-refractivity contribution in [2.45, 2.75) is 20.3 Å². The van der Waals surface area contributed by atoms with Crippen LogP contribution in [-0.4, -0.2) is 43.7 Å². The third kappa shape index (κ3) is 2.55. The summed E-state index contributed by atoms with van der Waals surface area (Å²) in [4.78, 5) is 6.87. The topological polar surface area (TPSA) is 36.9 Å². The van der Waals surface area contributed by atoms with Crippen LogP contribution in [0.2, 0.25) is 0 Å². The van der Waals surface area contributed by atoms with Gasteiger partial charge in [-0.1, -0.05) is 13.8 Å². The van der Waals surface area contributed by atoms with E-state index in [-0.39, 0.29) is 0 Å². The Labute approximate surface area is 97.4 Å². The molecule has 0 aromatic rings. The predicted octanol–water partition coefficient (Wildman–Crippen LogP) is 1.21. The Morgan fingerprint density at radius 1 is 1.50 bits per heavy atom. The van der Waals surface area contributed by atoms with Crippen LogP contribution in [0.1, 0.15) is 20.3 Å². The van der Waals surface area contributed by atoms with Crippen molar-refractivity contribution < 1.29 is 4.74 Å². The van der Waals surface area contributed by atoms with Crippen molar-refractivity contribution in [1.29, 1.82) is 0 Å². The SMILES string of the molecule is CCC(C)C1=CNC(N2CCOCC2)=NC1. The van der Waals surface area contributed by atoms with Gasteiger partial charge >= 0.3 is 0 Å². The molecular formula is C12H21N3O.